The molecule has 2 aromatic rings. The third kappa shape index (κ3) is 3.51. The third-order valence-electron chi connectivity index (χ3n) is 2.03. The van der Waals surface area contributed by atoms with Crippen molar-refractivity contribution in [1.29, 1.82) is 0 Å². The first-order chi connectivity index (χ1) is 8.25. The third-order valence-corrected chi connectivity index (χ3v) is 3.26. The number of nitrogens with zero attached hydrogens (tertiary/aromatic N) is 1. The molecule has 1 amide bonds. The maximum absolute atomic E-state index is 11.6. The molecule has 0 atom stereocenters. The molecule has 17 heavy (non-hydrogen) atoms. The van der Waals surface area contributed by atoms with Crippen molar-refractivity contribution in [2.75, 3.05) is 0 Å². The van der Waals surface area contributed by atoms with Crippen molar-refractivity contribution in [2.45, 2.75) is 0 Å². The van der Waals surface area contributed by atoms with Gasteiger partial charge in [-0.05, 0) is 41.1 Å². The molecular formula is C12H9BrN2OS. The molecule has 2 rings (SSSR count). The Hall–Kier alpha value is -1.46. The standard InChI is InChI=1S/C12H9BrN2OS/c13-11-3-1-10(2-4-11)12(16)15-14-7-9-5-6-17-8-9/h1-8H,(H,15,16). The Morgan fingerprint density at radius 2 is 2.06 bits per heavy atom. The smallest absolute Gasteiger partial charge is 0.267 e. The van der Waals surface area contributed by atoms with Gasteiger partial charge in [0.05, 0.1) is 6.21 Å². The Bertz CT molecular complexity index is 520. The van der Waals surface area contributed by atoms with Crippen LogP contribution in [0.4, 0.5) is 0 Å². The van der Waals surface area contributed by atoms with E-state index in [4.69, 9.17) is 0 Å². The molecule has 0 bridgehead atoms. The van der Waals surface area contributed by atoms with Crippen LogP contribution < -0.4 is 5.43 Å². The van der Waals surface area contributed by atoms with E-state index in [1.54, 1.807) is 29.7 Å². The van der Waals surface area contributed by atoms with Crippen LogP contribution in [-0.4, -0.2) is 12.1 Å². The van der Waals surface area contributed by atoms with Gasteiger partial charge in [0.25, 0.3) is 5.91 Å². The number of hydrogen-bond donors (Lipinski definition) is 1. The van der Waals surface area contributed by atoms with Crippen molar-refractivity contribution < 1.29 is 4.79 Å². The van der Waals surface area contributed by atoms with E-state index in [1.807, 2.05) is 29.0 Å². The molecule has 1 aromatic heterocycles. The number of benzene rings is 1. The number of hydrogen-bond acceptors (Lipinski definition) is 3. The van der Waals surface area contributed by atoms with Gasteiger partial charge in [0.15, 0.2) is 0 Å². The van der Waals surface area contributed by atoms with E-state index in [1.165, 1.54) is 0 Å². The molecule has 86 valence electrons. The van der Waals surface area contributed by atoms with Gasteiger partial charge in [-0.2, -0.15) is 16.4 Å². The highest BCUT2D eigenvalue weighted by molar-refractivity contribution is 9.10. The molecule has 0 fully saturated rings. The van der Waals surface area contributed by atoms with Crippen molar-refractivity contribution in [3.05, 3.63) is 56.7 Å². The van der Waals surface area contributed by atoms with Crippen LogP contribution in [0.2, 0.25) is 0 Å². The Kier molecular flexibility index (Phi) is 4.06. The van der Waals surface area contributed by atoms with Crippen molar-refractivity contribution in [2.24, 2.45) is 5.10 Å². The van der Waals surface area contributed by atoms with E-state index in [2.05, 4.69) is 26.5 Å². The molecule has 0 saturated carbocycles. The fourth-order valence-corrected chi connectivity index (χ4v) is 2.05. The molecule has 0 aliphatic heterocycles. The number of nitrogens with one attached hydrogen (secondary N) is 1. The summed E-state index contributed by atoms with van der Waals surface area (Å²) in [4.78, 5) is 11.6. The second-order valence-electron chi connectivity index (χ2n) is 3.26. The predicted octanol–water partition coefficient (Wildman–Crippen LogP) is 3.27. The monoisotopic (exact) mass is 308 g/mol. The lowest BCUT2D eigenvalue weighted by Crippen LogP contribution is -2.17. The van der Waals surface area contributed by atoms with Crippen molar-refractivity contribution in [3.8, 4) is 0 Å². The van der Waals surface area contributed by atoms with Crippen molar-refractivity contribution >= 4 is 39.4 Å². The lowest BCUT2D eigenvalue weighted by Gasteiger charge is -1.99. The molecule has 1 heterocycles. The number of halogens is 1. The van der Waals surface area contributed by atoms with Crippen LogP contribution in [0, 0.1) is 0 Å². The van der Waals surface area contributed by atoms with Gasteiger partial charge in [-0.25, -0.2) is 5.43 Å². The zero-order valence-electron chi connectivity index (χ0n) is 8.76. The molecule has 0 unspecified atom stereocenters. The largest absolute Gasteiger partial charge is 0.271 e. The van der Waals surface area contributed by atoms with Crippen LogP contribution in [0.1, 0.15) is 15.9 Å². The lowest BCUT2D eigenvalue weighted by atomic mass is 10.2. The number of carbonyl (C=O) groups excluding carboxylic acids is 1. The van der Waals surface area contributed by atoms with Crippen LogP contribution in [0.3, 0.4) is 0 Å². The summed E-state index contributed by atoms with van der Waals surface area (Å²) in [5, 5.41) is 7.79. The zero-order chi connectivity index (χ0) is 12.1. The van der Waals surface area contributed by atoms with Gasteiger partial charge >= 0.3 is 0 Å². The van der Waals surface area contributed by atoms with Crippen LogP contribution in [0.25, 0.3) is 0 Å². The molecule has 0 aliphatic rings. The minimum atomic E-state index is -0.219. The van der Waals surface area contributed by atoms with Gasteiger partial charge in [-0.1, -0.05) is 15.9 Å². The Morgan fingerprint density at radius 1 is 1.29 bits per heavy atom. The van der Waals surface area contributed by atoms with Crippen molar-refractivity contribution in [3.63, 3.8) is 0 Å². The number of amides is 1. The first-order valence-corrected chi connectivity index (χ1v) is 6.60. The van der Waals surface area contributed by atoms with Crippen molar-refractivity contribution in [1.82, 2.24) is 5.43 Å². The number of hydrazone groups is 1. The minimum Gasteiger partial charge on any atom is -0.267 e. The summed E-state index contributed by atoms with van der Waals surface area (Å²) in [6, 6.07) is 9.04. The second-order valence-corrected chi connectivity index (χ2v) is 4.96. The van der Waals surface area contributed by atoms with E-state index < -0.39 is 0 Å². The molecule has 3 nitrogen and oxygen atoms in total. The summed E-state index contributed by atoms with van der Waals surface area (Å²) < 4.78 is 0.941. The summed E-state index contributed by atoms with van der Waals surface area (Å²) in [7, 11) is 0. The van der Waals surface area contributed by atoms with E-state index in [9.17, 15) is 4.79 Å². The van der Waals surface area contributed by atoms with E-state index in [0.717, 1.165) is 10.0 Å². The minimum absolute atomic E-state index is 0.219. The van der Waals surface area contributed by atoms with E-state index in [0.29, 0.717) is 5.56 Å². The normalized spacial score (nSPS) is 10.6. The van der Waals surface area contributed by atoms with E-state index >= 15 is 0 Å². The van der Waals surface area contributed by atoms with Crippen LogP contribution in [0.15, 0.2) is 50.7 Å². The van der Waals surface area contributed by atoms with E-state index in [-0.39, 0.29) is 5.91 Å². The topological polar surface area (TPSA) is 41.5 Å². The summed E-state index contributed by atoms with van der Waals surface area (Å²) in [5.41, 5.74) is 4.03. The van der Waals surface area contributed by atoms with Gasteiger partial charge < -0.3 is 0 Å². The summed E-state index contributed by atoms with van der Waals surface area (Å²) >= 11 is 4.90. The first kappa shape index (κ1) is 12.0. The molecule has 0 spiro atoms. The molecular weight excluding hydrogens is 300 g/mol. The Labute approximate surface area is 111 Å². The van der Waals surface area contributed by atoms with Crippen LogP contribution in [0.5, 0.6) is 0 Å². The Balaban J connectivity index is 1.96. The number of carbonyl (C=O) groups is 1. The van der Waals surface area contributed by atoms with Crippen LogP contribution >= 0.6 is 27.3 Å². The SMILES string of the molecule is O=C(NN=Cc1ccsc1)c1ccc(Br)cc1. The quantitative estimate of drug-likeness (QED) is 0.686. The average molecular weight is 309 g/mol. The highest BCUT2D eigenvalue weighted by Gasteiger charge is 2.02. The summed E-state index contributed by atoms with van der Waals surface area (Å²) in [6.45, 7) is 0. The second kappa shape index (κ2) is 5.75. The maximum Gasteiger partial charge on any atom is 0.271 e. The highest BCUT2D eigenvalue weighted by atomic mass is 79.9. The number of thiophene rings is 1. The summed E-state index contributed by atoms with van der Waals surface area (Å²) in [5.74, 6) is -0.219. The van der Waals surface area contributed by atoms with Gasteiger partial charge in [-0.3, -0.25) is 4.79 Å². The predicted molar refractivity (Wildman–Crippen MR) is 73.5 cm³/mol. The molecule has 0 aliphatic carbocycles. The van der Waals surface area contributed by atoms with Gasteiger partial charge in [-0.15, -0.1) is 0 Å². The molecule has 0 radical (unpaired) electrons. The number of rotatable bonds is 3. The highest BCUT2D eigenvalue weighted by Crippen LogP contribution is 2.10. The maximum atomic E-state index is 11.6. The average Bonchev–Trinajstić information content (AvgIpc) is 2.83. The fourth-order valence-electron chi connectivity index (χ4n) is 1.18. The van der Waals surface area contributed by atoms with Gasteiger partial charge in [0, 0.05) is 15.6 Å². The van der Waals surface area contributed by atoms with Crippen LogP contribution in [-0.2, 0) is 0 Å². The van der Waals surface area contributed by atoms with Gasteiger partial charge in [0.1, 0.15) is 0 Å². The summed E-state index contributed by atoms with van der Waals surface area (Å²) in [6.07, 6.45) is 1.62. The van der Waals surface area contributed by atoms with Gasteiger partial charge in [0.2, 0.25) is 0 Å². The first-order valence-electron chi connectivity index (χ1n) is 4.87. The lowest BCUT2D eigenvalue weighted by molar-refractivity contribution is 0.0955. The Morgan fingerprint density at radius 3 is 2.71 bits per heavy atom. The zero-order valence-corrected chi connectivity index (χ0v) is 11.2. The fraction of sp³-hybridized carbons (Fsp3) is 0. The molecule has 1 N–H and O–H groups in total. The molecule has 1 aromatic carbocycles. The molecule has 5 heteroatoms. The molecule has 0 saturated heterocycles.